The maximum Gasteiger partial charge on any atom is 0.416 e. The fourth-order valence-electron chi connectivity index (χ4n) is 0.791. The Labute approximate surface area is 82.7 Å². The molecule has 0 amide bonds. The van der Waals surface area contributed by atoms with Gasteiger partial charge in [-0.3, -0.25) is 0 Å². The van der Waals surface area contributed by atoms with E-state index in [9.17, 15) is 13.2 Å². The van der Waals surface area contributed by atoms with Crippen molar-refractivity contribution in [1.29, 1.82) is 0 Å². The Kier molecular flexibility index (Phi) is 2.87. The molecule has 0 saturated heterocycles. The summed E-state index contributed by atoms with van der Waals surface area (Å²) in [5.41, 5.74) is -0.807. The largest absolute Gasteiger partial charge is 0.416 e. The minimum absolute atomic E-state index is 0.0292. The van der Waals surface area contributed by atoms with Gasteiger partial charge in [0.25, 0.3) is 0 Å². The van der Waals surface area contributed by atoms with Crippen molar-refractivity contribution in [3.8, 4) is 0 Å². The molecule has 0 atom stereocenters. The predicted molar refractivity (Wildman–Crippen MR) is 45.9 cm³/mol. The van der Waals surface area contributed by atoms with Gasteiger partial charge in [0.1, 0.15) is 0 Å². The molecule has 0 N–H and O–H groups in total. The summed E-state index contributed by atoms with van der Waals surface area (Å²) in [4.78, 5) is 0. The Morgan fingerprint density at radius 2 is 1.85 bits per heavy atom. The SMILES string of the molecule is FC(F)(F)c1cc(Cl)cc(N=S)c1. The van der Waals surface area contributed by atoms with Gasteiger partial charge in [0.05, 0.1) is 11.3 Å². The van der Waals surface area contributed by atoms with Crippen LogP contribution in [0.15, 0.2) is 22.6 Å². The van der Waals surface area contributed by atoms with Gasteiger partial charge in [-0.2, -0.15) is 17.5 Å². The second-order valence-electron chi connectivity index (χ2n) is 2.29. The van der Waals surface area contributed by atoms with Crippen molar-refractivity contribution in [2.75, 3.05) is 0 Å². The first-order valence-electron chi connectivity index (χ1n) is 3.14. The van der Waals surface area contributed by atoms with Gasteiger partial charge in [-0.1, -0.05) is 11.6 Å². The van der Waals surface area contributed by atoms with Crippen LogP contribution in [0.4, 0.5) is 18.9 Å². The van der Waals surface area contributed by atoms with Gasteiger partial charge in [-0.05, 0) is 18.2 Å². The molecule has 0 radical (unpaired) electrons. The first kappa shape index (κ1) is 10.4. The van der Waals surface area contributed by atoms with E-state index in [0.717, 1.165) is 12.1 Å². The van der Waals surface area contributed by atoms with Gasteiger partial charge < -0.3 is 0 Å². The highest BCUT2D eigenvalue weighted by molar-refractivity contribution is 7.47. The number of hydrogen-bond acceptors (Lipinski definition) is 2. The molecule has 0 spiro atoms. The van der Waals surface area contributed by atoms with Crippen molar-refractivity contribution < 1.29 is 13.2 Å². The van der Waals surface area contributed by atoms with Crippen molar-refractivity contribution >= 4 is 29.7 Å². The monoisotopic (exact) mass is 225 g/mol. The Morgan fingerprint density at radius 3 is 2.31 bits per heavy atom. The first-order chi connectivity index (χ1) is 5.93. The second kappa shape index (κ2) is 3.59. The minimum Gasteiger partial charge on any atom is -0.182 e. The van der Waals surface area contributed by atoms with Crippen molar-refractivity contribution in [3.63, 3.8) is 0 Å². The summed E-state index contributed by atoms with van der Waals surface area (Å²) in [7, 11) is 0. The van der Waals surface area contributed by atoms with Gasteiger partial charge in [0.2, 0.25) is 0 Å². The highest BCUT2D eigenvalue weighted by Crippen LogP contribution is 2.33. The zero-order valence-electron chi connectivity index (χ0n) is 6.10. The van der Waals surface area contributed by atoms with E-state index in [0.29, 0.717) is 0 Å². The molecule has 0 aliphatic carbocycles. The topological polar surface area (TPSA) is 12.4 Å². The zero-order valence-corrected chi connectivity index (χ0v) is 7.67. The maximum atomic E-state index is 12.1. The van der Waals surface area contributed by atoms with Gasteiger partial charge in [0.15, 0.2) is 0 Å². The average Bonchev–Trinajstić information content (AvgIpc) is 2.01. The molecule has 0 fully saturated rings. The van der Waals surface area contributed by atoms with E-state index in [1.807, 2.05) is 0 Å². The summed E-state index contributed by atoms with van der Waals surface area (Å²) in [5, 5.41) is -0.0292. The van der Waals surface area contributed by atoms with Crippen LogP contribution < -0.4 is 0 Å². The van der Waals surface area contributed by atoms with Gasteiger partial charge in [-0.25, -0.2) is 0 Å². The summed E-state index contributed by atoms with van der Waals surface area (Å²) >= 11 is 9.69. The summed E-state index contributed by atoms with van der Waals surface area (Å²) in [5.74, 6) is 0. The van der Waals surface area contributed by atoms with E-state index in [2.05, 4.69) is 16.8 Å². The van der Waals surface area contributed by atoms with Crippen molar-refractivity contribution in [2.24, 2.45) is 4.36 Å². The third kappa shape index (κ3) is 2.63. The van der Waals surface area contributed by atoms with Crippen LogP contribution >= 0.6 is 11.6 Å². The first-order valence-corrected chi connectivity index (χ1v) is 3.89. The van der Waals surface area contributed by atoms with Crippen LogP contribution in [-0.4, -0.2) is 0 Å². The van der Waals surface area contributed by atoms with Crippen LogP contribution in [0.1, 0.15) is 5.56 Å². The molecular formula is C7H3ClF3NS. The third-order valence-corrected chi connectivity index (χ3v) is 1.74. The number of nitrogens with zero attached hydrogens (tertiary/aromatic N) is 1. The van der Waals surface area contributed by atoms with Crippen LogP contribution in [0.25, 0.3) is 0 Å². The molecule has 1 rings (SSSR count). The third-order valence-electron chi connectivity index (χ3n) is 1.32. The molecular weight excluding hydrogens is 223 g/mol. The van der Waals surface area contributed by atoms with Crippen molar-refractivity contribution in [1.82, 2.24) is 0 Å². The number of alkyl halides is 3. The standard InChI is InChI=1S/C7H3ClF3NS/c8-5-1-4(7(9,10)11)2-6(3-5)12-13/h1-3H. The Bertz CT molecular complexity index is 337. The number of halogens is 4. The van der Waals surface area contributed by atoms with Crippen LogP contribution in [0.3, 0.4) is 0 Å². The van der Waals surface area contributed by atoms with Crippen molar-refractivity contribution in [2.45, 2.75) is 6.18 Å². The van der Waals surface area contributed by atoms with Crippen LogP contribution in [0.5, 0.6) is 0 Å². The molecule has 0 aliphatic rings. The number of benzene rings is 1. The molecule has 13 heavy (non-hydrogen) atoms. The normalized spacial score (nSPS) is 11.4. The van der Waals surface area contributed by atoms with Gasteiger partial charge in [-0.15, -0.1) is 0 Å². The summed E-state index contributed by atoms with van der Waals surface area (Å²) < 4.78 is 39.7. The molecule has 1 nitrogen and oxygen atoms in total. The van der Waals surface area contributed by atoms with Gasteiger partial charge in [0, 0.05) is 17.4 Å². The summed E-state index contributed by atoms with van der Waals surface area (Å²) in [6, 6.07) is 2.94. The van der Waals surface area contributed by atoms with E-state index in [1.54, 1.807) is 0 Å². The van der Waals surface area contributed by atoms with Crippen LogP contribution in [0, 0.1) is 0 Å². The van der Waals surface area contributed by atoms with E-state index in [1.165, 1.54) is 6.07 Å². The molecule has 1 aromatic carbocycles. The Hall–Kier alpha value is -0.680. The van der Waals surface area contributed by atoms with Crippen molar-refractivity contribution in [3.05, 3.63) is 28.8 Å². The molecule has 0 unspecified atom stereocenters. The fraction of sp³-hybridized carbons (Fsp3) is 0.143. The quantitative estimate of drug-likeness (QED) is 0.710. The lowest BCUT2D eigenvalue weighted by Gasteiger charge is -2.06. The Balaban J connectivity index is 3.24. The molecule has 0 bridgehead atoms. The molecule has 70 valence electrons. The Morgan fingerprint density at radius 1 is 1.23 bits per heavy atom. The average molecular weight is 226 g/mol. The number of hydrogen-bond donors (Lipinski definition) is 0. The van der Waals surface area contributed by atoms with Gasteiger partial charge >= 0.3 is 6.18 Å². The lowest BCUT2D eigenvalue weighted by molar-refractivity contribution is -0.137. The van der Waals surface area contributed by atoms with Crippen LogP contribution in [0.2, 0.25) is 5.02 Å². The molecule has 1 aromatic rings. The maximum absolute atomic E-state index is 12.1. The zero-order chi connectivity index (χ0) is 10.1. The molecule has 6 heteroatoms. The molecule has 0 saturated carbocycles. The fourth-order valence-corrected chi connectivity index (χ4v) is 1.13. The molecule has 0 aliphatic heterocycles. The van der Waals surface area contributed by atoms with Crippen LogP contribution in [-0.2, 0) is 18.6 Å². The van der Waals surface area contributed by atoms with E-state index >= 15 is 0 Å². The highest BCUT2D eigenvalue weighted by Gasteiger charge is 2.31. The molecule has 0 heterocycles. The van der Waals surface area contributed by atoms with E-state index in [4.69, 9.17) is 11.6 Å². The lowest BCUT2D eigenvalue weighted by Crippen LogP contribution is -2.04. The predicted octanol–water partition coefficient (Wildman–Crippen LogP) is 3.72. The van der Waals surface area contributed by atoms with E-state index < -0.39 is 11.7 Å². The summed E-state index contributed by atoms with van der Waals surface area (Å²) in [6.07, 6.45) is -4.42. The van der Waals surface area contributed by atoms with E-state index in [-0.39, 0.29) is 10.7 Å². The second-order valence-corrected chi connectivity index (χ2v) is 2.91. The highest BCUT2D eigenvalue weighted by atomic mass is 35.5. The molecule has 0 aromatic heterocycles. The lowest BCUT2D eigenvalue weighted by atomic mass is 10.2. The smallest absolute Gasteiger partial charge is 0.182 e. The minimum atomic E-state index is -4.42. The summed E-state index contributed by atoms with van der Waals surface area (Å²) in [6.45, 7) is 0. The number of rotatable bonds is 1.